The van der Waals surface area contributed by atoms with Gasteiger partial charge in [-0.3, -0.25) is 23.0 Å². The zero-order chi connectivity index (χ0) is 59.4. The number of nitrogens with zero attached hydrogens (tertiary/aromatic N) is 2. The number of benzene rings is 4. The van der Waals surface area contributed by atoms with E-state index in [2.05, 4.69) is 0 Å². The zero-order valence-corrected chi connectivity index (χ0v) is 49.0. The van der Waals surface area contributed by atoms with Crippen molar-refractivity contribution in [2.24, 2.45) is 0 Å². The maximum Gasteiger partial charge on any atom is 0.303 e. The standard InChI is InChI=1S/C55H70N2O20S4/c1-6-56-45-20-18-41-43(35-39(78(60,61)62)37-47(41)80(66,67)68)52(45)54(2,3)49(56)15-11-8-7-9-12-16-50-55(4,22-24-73-27-28-75-31-32-77-34-33-76-30-29-74-26-25-72-5)53-44-36-40(79(63,64)65)38-48(81(69,70)71)42(44)19-21-46(53)57(50)23-14-10-13-17-51(58)59/h7-9,11-12,15-16,18-21,35-38H,6,10,13-14,17,22-34H2,1-5H3,(H4-,58,59,60,61,62,63,64,65,66,67,68,69,70,71)/p+1. The highest BCUT2D eigenvalue weighted by molar-refractivity contribution is 7.87. The first-order chi connectivity index (χ1) is 38.2. The number of rotatable bonds is 33. The molecule has 0 aliphatic carbocycles. The van der Waals surface area contributed by atoms with Crippen LogP contribution in [-0.4, -0.2) is 166 Å². The van der Waals surface area contributed by atoms with E-state index in [0.29, 0.717) is 119 Å². The highest BCUT2D eigenvalue weighted by Crippen LogP contribution is 2.54. The Morgan fingerprint density at radius 3 is 1.56 bits per heavy atom. The molecule has 0 bridgehead atoms. The molecule has 0 amide bonds. The van der Waals surface area contributed by atoms with Gasteiger partial charge in [0.15, 0.2) is 5.71 Å². The maximum absolute atomic E-state index is 12.9. The number of hydrogen-bond donors (Lipinski definition) is 5. The third kappa shape index (κ3) is 16.1. The molecule has 0 radical (unpaired) electrons. The van der Waals surface area contributed by atoms with E-state index in [1.54, 1.807) is 49.6 Å². The van der Waals surface area contributed by atoms with Crippen LogP contribution in [0.5, 0.6) is 0 Å². The molecule has 1 unspecified atom stereocenters. The summed E-state index contributed by atoms with van der Waals surface area (Å²) in [6, 6.07) is 10.1. The molecule has 444 valence electrons. The first kappa shape index (κ1) is 64.9. The minimum absolute atomic E-state index is 0.00444. The van der Waals surface area contributed by atoms with Gasteiger partial charge in [-0.25, -0.2) is 0 Å². The molecule has 0 spiro atoms. The van der Waals surface area contributed by atoms with Crippen LogP contribution < -0.4 is 4.90 Å². The van der Waals surface area contributed by atoms with Gasteiger partial charge in [0.05, 0.1) is 81.3 Å². The lowest BCUT2D eigenvalue weighted by Crippen LogP contribution is -2.30. The molecule has 6 rings (SSSR count). The average molecular weight is 1210 g/mol. The third-order valence-corrected chi connectivity index (χ3v) is 17.5. The zero-order valence-electron chi connectivity index (χ0n) is 45.8. The topological polar surface area (TPSA) is 316 Å². The number of carboxylic acid groups (broad SMARTS) is 1. The van der Waals surface area contributed by atoms with E-state index in [1.807, 2.05) is 49.3 Å². The smallest absolute Gasteiger partial charge is 0.303 e. The molecule has 0 saturated heterocycles. The van der Waals surface area contributed by atoms with Crippen LogP contribution in [0.2, 0.25) is 0 Å². The Morgan fingerprint density at radius 2 is 1.06 bits per heavy atom. The van der Waals surface area contributed by atoms with Crippen LogP contribution in [0.15, 0.2) is 116 Å². The molecule has 4 aromatic carbocycles. The summed E-state index contributed by atoms with van der Waals surface area (Å²) in [4.78, 5) is 10.6. The summed E-state index contributed by atoms with van der Waals surface area (Å²) < 4.78 is 177. The van der Waals surface area contributed by atoms with Crippen LogP contribution in [0.25, 0.3) is 21.5 Å². The van der Waals surface area contributed by atoms with Crippen molar-refractivity contribution in [1.29, 1.82) is 0 Å². The molecule has 2 heterocycles. The van der Waals surface area contributed by atoms with Gasteiger partial charge in [-0.05, 0) is 106 Å². The van der Waals surface area contributed by atoms with Gasteiger partial charge in [0.1, 0.15) is 16.3 Å². The summed E-state index contributed by atoms with van der Waals surface area (Å²) in [7, 11) is -18.3. The van der Waals surface area contributed by atoms with Crippen molar-refractivity contribution in [3.8, 4) is 0 Å². The molecule has 81 heavy (non-hydrogen) atoms. The molecule has 1 atom stereocenters. The van der Waals surface area contributed by atoms with Gasteiger partial charge in [0.25, 0.3) is 40.5 Å². The predicted octanol–water partition coefficient (Wildman–Crippen LogP) is 7.47. The number of unbranched alkanes of at least 4 members (excludes halogenated alkanes) is 2. The van der Waals surface area contributed by atoms with Crippen LogP contribution >= 0.6 is 0 Å². The molecular weight excluding hydrogens is 1140 g/mol. The molecule has 2 aliphatic heterocycles. The second kappa shape index (κ2) is 27.9. The SMILES string of the molecule is CC[N+]1=C(/C=C/C=C/C=C/C=C2/N(CCCCCC(=O)O)c3ccc4c(S(=O)(=O)O)cc(S(=O)(=O)O)cc4c3C2(C)CCOCCOCCOCCOCCOCCOC)C(C)(C)c2c1ccc1c(S(=O)(=O)O)cc(S(=O)(=O)O)cc21. The molecule has 4 aromatic rings. The van der Waals surface area contributed by atoms with Crippen molar-refractivity contribution in [3.63, 3.8) is 0 Å². The van der Waals surface area contributed by atoms with Crippen molar-refractivity contribution in [2.45, 2.75) is 90.2 Å². The Morgan fingerprint density at radius 1 is 0.580 bits per heavy atom. The number of fused-ring (bicyclic) bond motifs is 6. The minimum Gasteiger partial charge on any atom is -0.481 e. The van der Waals surface area contributed by atoms with Crippen molar-refractivity contribution in [1.82, 2.24) is 0 Å². The molecule has 5 N–H and O–H groups in total. The molecule has 0 aromatic heterocycles. The number of carboxylic acids is 1. The predicted molar refractivity (Wildman–Crippen MR) is 303 cm³/mol. The summed E-state index contributed by atoms with van der Waals surface area (Å²) in [6.07, 6.45) is 14.3. The largest absolute Gasteiger partial charge is 0.481 e. The lowest BCUT2D eigenvalue weighted by Gasteiger charge is -2.31. The van der Waals surface area contributed by atoms with E-state index in [4.69, 9.17) is 28.4 Å². The molecule has 0 saturated carbocycles. The molecular formula is C55H71N2O20S4+. The fraction of sp³-hybridized carbons (Fsp3) is 0.455. The van der Waals surface area contributed by atoms with Crippen LogP contribution in [0, 0.1) is 0 Å². The number of carbonyl (C=O) groups is 1. The highest BCUT2D eigenvalue weighted by atomic mass is 32.2. The fourth-order valence-corrected chi connectivity index (χ4v) is 13.0. The first-order valence-electron chi connectivity index (χ1n) is 26.0. The summed E-state index contributed by atoms with van der Waals surface area (Å²) >= 11 is 0. The van der Waals surface area contributed by atoms with E-state index in [1.165, 1.54) is 24.3 Å². The average Bonchev–Trinajstić information content (AvgIpc) is 2.36. The Labute approximate surface area is 473 Å². The summed E-state index contributed by atoms with van der Waals surface area (Å²) in [5.41, 5.74) is 1.84. The second-order valence-corrected chi connectivity index (χ2v) is 25.4. The fourth-order valence-electron chi connectivity index (χ4n) is 10.3. The van der Waals surface area contributed by atoms with E-state index in [9.17, 15) is 61.8 Å². The van der Waals surface area contributed by atoms with Gasteiger partial charge in [-0.2, -0.15) is 38.2 Å². The molecule has 0 fully saturated rings. The maximum atomic E-state index is 12.9. The highest BCUT2D eigenvalue weighted by Gasteiger charge is 2.47. The molecule has 22 nitrogen and oxygen atoms in total. The Hall–Kier alpha value is -5.30. The minimum atomic E-state index is -5.04. The van der Waals surface area contributed by atoms with Crippen LogP contribution in [-0.2, 0) is 84.5 Å². The van der Waals surface area contributed by atoms with Gasteiger partial charge in [-0.15, -0.1) is 0 Å². The van der Waals surface area contributed by atoms with Gasteiger partial charge < -0.3 is 38.4 Å². The lowest BCUT2D eigenvalue weighted by molar-refractivity contribution is -0.433. The van der Waals surface area contributed by atoms with Crippen LogP contribution in [0.1, 0.15) is 70.9 Å². The van der Waals surface area contributed by atoms with E-state index in [-0.39, 0.29) is 54.2 Å². The third-order valence-electron chi connectivity index (χ3n) is 14.0. The number of hydrogen-bond acceptors (Lipinski definition) is 16. The van der Waals surface area contributed by atoms with Crippen molar-refractivity contribution >= 4 is 85.1 Å². The summed E-state index contributed by atoms with van der Waals surface area (Å²) in [5, 5.41) is 9.75. The normalized spacial score (nSPS) is 17.3. The number of ether oxygens (including phenoxy) is 6. The Balaban J connectivity index is 1.29. The number of methoxy groups -OCH3 is 1. The summed E-state index contributed by atoms with van der Waals surface area (Å²) in [5.74, 6) is -0.935. The van der Waals surface area contributed by atoms with Crippen molar-refractivity contribution in [3.05, 3.63) is 108 Å². The van der Waals surface area contributed by atoms with Crippen molar-refractivity contribution < 1.29 is 94.8 Å². The number of aliphatic carboxylic acids is 1. The molecule has 26 heteroatoms. The van der Waals surface area contributed by atoms with Crippen molar-refractivity contribution in [2.75, 3.05) is 97.8 Å². The van der Waals surface area contributed by atoms with Gasteiger partial charge in [0.2, 0.25) is 5.69 Å². The van der Waals surface area contributed by atoms with E-state index in [0.717, 1.165) is 11.8 Å². The Bertz CT molecular complexity index is 3570. The molecule has 2 aliphatic rings. The summed E-state index contributed by atoms with van der Waals surface area (Å²) in [6.45, 7) is 12.2. The van der Waals surface area contributed by atoms with Gasteiger partial charge >= 0.3 is 5.97 Å². The van der Waals surface area contributed by atoms with Gasteiger partial charge in [-0.1, -0.05) is 42.9 Å². The number of allylic oxidation sites excluding steroid dienone is 8. The van der Waals surface area contributed by atoms with Crippen LogP contribution in [0.4, 0.5) is 11.4 Å². The quantitative estimate of drug-likeness (QED) is 0.0134. The van der Waals surface area contributed by atoms with Gasteiger partial charge in [0, 0.05) is 72.0 Å². The van der Waals surface area contributed by atoms with E-state index < -0.39 is 76.9 Å². The van der Waals surface area contributed by atoms with E-state index >= 15 is 0 Å². The second-order valence-electron chi connectivity index (χ2n) is 19.8. The van der Waals surface area contributed by atoms with Crippen LogP contribution in [0.3, 0.4) is 0 Å². The monoisotopic (exact) mass is 1210 g/mol. The first-order valence-corrected chi connectivity index (χ1v) is 31.8. The lowest BCUT2D eigenvalue weighted by atomic mass is 9.76. The number of anilines is 1. The Kier molecular flexibility index (Phi) is 22.3.